The molecule has 0 aromatic heterocycles. The summed E-state index contributed by atoms with van der Waals surface area (Å²) in [5.41, 5.74) is 4.36. The van der Waals surface area contributed by atoms with E-state index >= 15 is 0 Å². The molecule has 0 fully saturated rings. The zero-order valence-electron chi connectivity index (χ0n) is 14.4. The van der Waals surface area contributed by atoms with Crippen LogP contribution in [0.2, 0.25) is 0 Å². The molecule has 2 heterocycles. The fraction of sp³-hybridized carbons (Fsp3) is 0. The lowest BCUT2D eigenvalue weighted by Gasteiger charge is -2.38. The van der Waals surface area contributed by atoms with Gasteiger partial charge in [0.1, 0.15) is 5.82 Å². The van der Waals surface area contributed by atoms with Gasteiger partial charge >= 0.3 is 5.24 Å². The van der Waals surface area contributed by atoms with Crippen molar-refractivity contribution >= 4 is 40.8 Å². The molecule has 140 valence electrons. The molecule has 2 aliphatic heterocycles. The van der Waals surface area contributed by atoms with Crippen LogP contribution in [-0.2, 0) is 0 Å². The lowest BCUT2D eigenvalue weighted by molar-refractivity contribution is 0.0969. The summed E-state index contributed by atoms with van der Waals surface area (Å²) in [6.07, 6.45) is 6.13. The summed E-state index contributed by atoms with van der Waals surface area (Å²) in [6.45, 7) is 0. The van der Waals surface area contributed by atoms with Crippen LogP contribution in [0.1, 0.15) is 15.9 Å². The monoisotopic (exact) mass is 411 g/mol. The van der Waals surface area contributed by atoms with Crippen LogP contribution in [0.25, 0.3) is 5.57 Å². The van der Waals surface area contributed by atoms with E-state index in [1.54, 1.807) is 0 Å². The van der Waals surface area contributed by atoms with E-state index in [9.17, 15) is 14.0 Å². The van der Waals surface area contributed by atoms with Crippen molar-refractivity contribution in [2.45, 2.75) is 0 Å². The highest BCUT2D eigenvalue weighted by molar-refractivity contribution is 8.20. The van der Waals surface area contributed by atoms with E-state index in [0.717, 1.165) is 40.5 Å². The van der Waals surface area contributed by atoms with Crippen LogP contribution in [0.4, 0.5) is 9.18 Å². The van der Waals surface area contributed by atoms with Crippen molar-refractivity contribution in [2.24, 2.45) is 0 Å². The van der Waals surface area contributed by atoms with Gasteiger partial charge in [-0.25, -0.2) is 4.39 Å². The van der Waals surface area contributed by atoms with Gasteiger partial charge in [-0.05, 0) is 35.9 Å². The molecule has 2 N–H and O–H groups in total. The van der Waals surface area contributed by atoms with E-state index in [1.807, 2.05) is 40.7 Å². The molecule has 0 spiro atoms. The first-order valence-electron chi connectivity index (χ1n) is 8.31. The Morgan fingerprint density at radius 3 is 2.57 bits per heavy atom. The summed E-state index contributed by atoms with van der Waals surface area (Å²) in [5.74, 6) is -1.18. The largest absolute Gasteiger partial charge is 0.301 e. The van der Waals surface area contributed by atoms with E-state index in [4.69, 9.17) is 0 Å². The highest BCUT2D eigenvalue weighted by atomic mass is 32.2. The summed E-state index contributed by atoms with van der Waals surface area (Å²) < 4.78 is 18.0. The fourth-order valence-electron chi connectivity index (χ4n) is 2.76. The molecule has 2 aliphatic rings. The summed E-state index contributed by atoms with van der Waals surface area (Å²) in [7, 11) is 0. The third-order valence-corrected chi connectivity index (χ3v) is 5.59. The van der Waals surface area contributed by atoms with Gasteiger partial charge in [0.2, 0.25) is 0 Å². The highest BCUT2D eigenvalue weighted by Crippen LogP contribution is 2.44. The van der Waals surface area contributed by atoms with Gasteiger partial charge < -0.3 is 0 Å². The van der Waals surface area contributed by atoms with Gasteiger partial charge in [-0.2, -0.15) is 4.13 Å². The van der Waals surface area contributed by atoms with Gasteiger partial charge in [0.25, 0.3) is 5.91 Å². The molecule has 4 rings (SSSR count). The molecule has 2 amide bonds. The Morgan fingerprint density at radius 2 is 1.82 bits per heavy atom. The van der Waals surface area contributed by atoms with E-state index < -0.39 is 17.0 Å². The Hall–Kier alpha value is -2.81. The number of amides is 2. The first-order valence-corrected chi connectivity index (χ1v) is 9.90. The van der Waals surface area contributed by atoms with Crippen molar-refractivity contribution in [1.82, 2.24) is 13.7 Å². The predicted molar refractivity (Wildman–Crippen MR) is 110 cm³/mol. The predicted octanol–water partition coefficient (Wildman–Crippen LogP) is 4.66. The lowest BCUT2D eigenvalue weighted by atomic mass is 9.94. The van der Waals surface area contributed by atoms with Gasteiger partial charge in [-0.1, -0.05) is 42.5 Å². The number of fused-ring (bicyclic) bond motifs is 2. The van der Waals surface area contributed by atoms with Crippen molar-refractivity contribution in [3.63, 3.8) is 0 Å². The van der Waals surface area contributed by atoms with Crippen LogP contribution in [0.15, 0.2) is 84.2 Å². The molecule has 0 saturated heterocycles. The van der Waals surface area contributed by atoms with Crippen molar-refractivity contribution in [3.8, 4) is 0 Å². The minimum atomic E-state index is -0.649. The number of imide groups is 1. The van der Waals surface area contributed by atoms with Crippen molar-refractivity contribution in [3.05, 3.63) is 101 Å². The summed E-state index contributed by atoms with van der Waals surface area (Å²) in [5, 5.41) is 1.63. The first kappa shape index (κ1) is 18.5. The van der Waals surface area contributed by atoms with Crippen LogP contribution in [-0.4, -0.2) is 15.5 Å². The molecule has 2 bridgehead atoms. The molecule has 8 heteroatoms. The number of carbonyl (C=O) groups excluding carboxylic acids is 2. The molecular weight excluding hydrogens is 397 g/mol. The second-order valence-corrected chi connectivity index (χ2v) is 7.68. The molecule has 0 saturated carbocycles. The van der Waals surface area contributed by atoms with Crippen LogP contribution in [0, 0.1) is 5.82 Å². The SMILES string of the molecule is O=C(NC(=O)c1cccc(F)c1)SNSN1c2ccc(-c3ccccc3)c1c2. The van der Waals surface area contributed by atoms with Crippen LogP contribution >= 0.6 is 24.1 Å². The molecular formula is C20H14FN3O2S2. The molecule has 5 nitrogen and oxygen atoms in total. The third-order valence-electron chi connectivity index (χ3n) is 4.08. The minimum absolute atomic E-state index is 0.0897. The Kier molecular flexibility index (Phi) is 5.34. The number of nitrogens with one attached hydrogen (secondary N) is 2. The summed E-state index contributed by atoms with van der Waals surface area (Å²) in [6, 6.07) is 15.2. The maximum Gasteiger partial charge on any atom is 0.301 e. The van der Waals surface area contributed by atoms with Crippen molar-refractivity contribution in [1.29, 1.82) is 0 Å². The van der Waals surface area contributed by atoms with E-state index in [1.165, 1.54) is 30.3 Å². The van der Waals surface area contributed by atoms with E-state index in [-0.39, 0.29) is 5.56 Å². The summed E-state index contributed by atoms with van der Waals surface area (Å²) >= 11 is 1.99. The normalized spacial score (nSPS) is 14.5. The Balaban J connectivity index is 1.28. The Bertz CT molecular complexity index is 1030. The minimum Gasteiger partial charge on any atom is -0.282 e. The van der Waals surface area contributed by atoms with E-state index in [2.05, 4.69) is 21.6 Å². The maximum absolute atomic E-state index is 13.2. The number of carbonyl (C=O) groups is 2. The Labute approximate surface area is 169 Å². The number of hydrogen-bond donors (Lipinski definition) is 2. The third kappa shape index (κ3) is 3.89. The zero-order chi connectivity index (χ0) is 19.5. The first-order chi connectivity index (χ1) is 13.6. The fourth-order valence-corrected chi connectivity index (χ4v) is 4.13. The molecule has 28 heavy (non-hydrogen) atoms. The van der Waals surface area contributed by atoms with Gasteiger partial charge in [-0.15, -0.1) is 0 Å². The number of halogens is 1. The maximum atomic E-state index is 13.2. The molecule has 0 unspecified atom stereocenters. The second kappa shape index (κ2) is 8.05. The van der Waals surface area contributed by atoms with Crippen LogP contribution in [0.3, 0.4) is 0 Å². The van der Waals surface area contributed by atoms with Crippen LogP contribution < -0.4 is 9.44 Å². The Morgan fingerprint density at radius 1 is 1.00 bits per heavy atom. The number of rotatable bonds is 5. The van der Waals surface area contributed by atoms with Gasteiger partial charge in [-0.3, -0.25) is 19.2 Å². The molecule has 2 aromatic carbocycles. The van der Waals surface area contributed by atoms with Crippen molar-refractivity contribution < 1.29 is 14.0 Å². The molecule has 0 atom stereocenters. The highest BCUT2D eigenvalue weighted by Gasteiger charge is 2.30. The molecule has 0 aliphatic carbocycles. The van der Waals surface area contributed by atoms with Gasteiger partial charge in [0.05, 0.1) is 23.5 Å². The molecule has 0 radical (unpaired) electrons. The average molecular weight is 411 g/mol. The zero-order valence-corrected chi connectivity index (χ0v) is 16.0. The van der Waals surface area contributed by atoms with Crippen molar-refractivity contribution in [2.75, 3.05) is 0 Å². The van der Waals surface area contributed by atoms with Gasteiger partial charge in [0.15, 0.2) is 0 Å². The van der Waals surface area contributed by atoms with Gasteiger partial charge in [0, 0.05) is 23.1 Å². The van der Waals surface area contributed by atoms with Crippen LogP contribution in [0.5, 0.6) is 0 Å². The topological polar surface area (TPSA) is 61.4 Å². The lowest BCUT2D eigenvalue weighted by Crippen LogP contribution is -2.31. The second-order valence-electron chi connectivity index (χ2n) is 5.89. The van der Waals surface area contributed by atoms with E-state index in [0.29, 0.717) is 0 Å². The standard InChI is InChI=1S/C20H14FN3O2S2/c21-15-8-4-7-14(11-15)19(25)22-20(26)27-23-28-24-16-9-10-17(18(24)12-16)13-5-2-1-3-6-13/h1-12,23H,(H,22,25,26). The summed E-state index contributed by atoms with van der Waals surface area (Å²) in [4.78, 5) is 23.9. The molecule has 2 aromatic rings. The number of benzene rings is 2. The average Bonchev–Trinajstić information content (AvgIpc) is 2.71. The number of nitrogens with zero attached hydrogens (tertiary/aromatic N) is 1. The number of allylic oxidation sites excluding steroid dienone is 4. The quantitative estimate of drug-likeness (QED) is 0.698. The number of hydrogen-bond acceptors (Lipinski definition) is 6. The smallest absolute Gasteiger partial charge is 0.282 e.